The lowest BCUT2D eigenvalue weighted by Gasteiger charge is -2.16. The molecule has 0 aliphatic rings. The maximum atomic E-state index is 12.0. The Hall–Kier alpha value is -0.430. The molecule has 0 aromatic rings. The van der Waals surface area contributed by atoms with E-state index < -0.39 is 16.8 Å². The van der Waals surface area contributed by atoms with Crippen molar-refractivity contribution in [1.29, 1.82) is 0 Å². The molecule has 0 aliphatic heterocycles. The van der Waals surface area contributed by atoms with E-state index in [1.165, 1.54) is 0 Å². The van der Waals surface area contributed by atoms with Crippen LogP contribution in [0.1, 0.15) is 13.8 Å². The molecule has 0 N–H and O–H groups in total. The van der Waals surface area contributed by atoms with Crippen LogP contribution in [0, 0.1) is 0 Å². The Labute approximate surface area is 107 Å². The van der Waals surface area contributed by atoms with Crippen molar-refractivity contribution in [3.05, 3.63) is 0 Å². The summed E-state index contributed by atoms with van der Waals surface area (Å²) in [5.41, 5.74) is 0. The van der Waals surface area contributed by atoms with Gasteiger partial charge in [-0.25, -0.2) is 0 Å². The Kier molecular flexibility index (Phi) is 7.61. The zero-order chi connectivity index (χ0) is 13.5. The van der Waals surface area contributed by atoms with Gasteiger partial charge in [-0.2, -0.15) is 13.2 Å². The normalized spacial score (nSPS) is 14.5. The molecular formula is C10H16BrF3N2O. The van der Waals surface area contributed by atoms with Gasteiger partial charge in [-0.3, -0.25) is 9.79 Å². The van der Waals surface area contributed by atoms with E-state index >= 15 is 0 Å². The van der Waals surface area contributed by atoms with Crippen LogP contribution in [-0.2, 0) is 4.79 Å². The fraction of sp³-hybridized carbons (Fsp3) is 0.800. The molecule has 0 fully saturated rings. The molecule has 100 valence electrons. The number of Topliss-reactive ketones (excluding diaryl/α,β-unsaturated/α-hetero) is 1. The second-order valence-corrected chi connectivity index (χ2v) is 4.33. The number of aliphatic imine (C=N–C) groups is 1. The third kappa shape index (κ3) is 6.78. The van der Waals surface area contributed by atoms with Gasteiger partial charge in [-0.15, -0.1) is 0 Å². The molecule has 0 radical (unpaired) electrons. The molecule has 0 saturated carbocycles. The van der Waals surface area contributed by atoms with Crippen molar-refractivity contribution in [1.82, 2.24) is 4.90 Å². The fourth-order valence-corrected chi connectivity index (χ4v) is 1.56. The number of alkyl halides is 4. The van der Waals surface area contributed by atoms with Crippen LogP contribution in [0.25, 0.3) is 0 Å². The maximum absolute atomic E-state index is 12.0. The van der Waals surface area contributed by atoms with Crippen molar-refractivity contribution in [3.8, 4) is 0 Å². The molecule has 3 nitrogen and oxygen atoms in total. The molecule has 0 heterocycles. The highest BCUT2D eigenvalue weighted by Crippen LogP contribution is 2.20. The van der Waals surface area contributed by atoms with Crippen LogP contribution in [0.4, 0.5) is 13.2 Å². The SMILES string of the molecule is CCN(CC)CCN=CC(Br)C(=O)C(F)(F)F. The third-order valence-electron chi connectivity index (χ3n) is 2.21. The van der Waals surface area contributed by atoms with Crippen LogP contribution in [0.3, 0.4) is 0 Å². The van der Waals surface area contributed by atoms with Crippen LogP contribution in [0.2, 0.25) is 0 Å². The van der Waals surface area contributed by atoms with Crippen LogP contribution in [-0.4, -0.2) is 54.1 Å². The third-order valence-corrected chi connectivity index (χ3v) is 2.86. The number of nitrogens with zero attached hydrogens (tertiary/aromatic N) is 2. The van der Waals surface area contributed by atoms with E-state index in [2.05, 4.69) is 25.8 Å². The van der Waals surface area contributed by atoms with E-state index in [0.717, 1.165) is 19.3 Å². The van der Waals surface area contributed by atoms with Crippen LogP contribution in [0.5, 0.6) is 0 Å². The lowest BCUT2D eigenvalue weighted by atomic mass is 10.3. The minimum Gasteiger partial charge on any atom is -0.302 e. The molecule has 17 heavy (non-hydrogen) atoms. The van der Waals surface area contributed by atoms with Gasteiger partial charge in [0.25, 0.3) is 5.78 Å². The minimum absolute atomic E-state index is 0.384. The van der Waals surface area contributed by atoms with Crippen molar-refractivity contribution >= 4 is 27.9 Å². The lowest BCUT2D eigenvalue weighted by molar-refractivity contribution is -0.168. The van der Waals surface area contributed by atoms with Crippen molar-refractivity contribution in [3.63, 3.8) is 0 Å². The topological polar surface area (TPSA) is 32.7 Å². The molecule has 7 heteroatoms. The summed E-state index contributed by atoms with van der Waals surface area (Å²) in [5, 5.41) is 0. The number of likely N-dealkylation sites (N-methyl/N-ethyl adjacent to an activating group) is 1. The first kappa shape index (κ1) is 16.6. The highest BCUT2D eigenvalue weighted by Gasteiger charge is 2.41. The first-order chi connectivity index (χ1) is 7.82. The van der Waals surface area contributed by atoms with Crippen LogP contribution in [0.15, 0.2) is 4.99 Å². The van der Waals surface area contributed by atoms with Crippen molar-refractivity contribution in [2.24, 2.45) is 4.99 Å². The Morgan fingerprint density at radius 1 is 1.41 bits per heavy atom. The van der Waals surface area contributed by atoms with Gasteiger partial charge in [0.15, 0.2) is 0 Å². The zero-order valence-corrected chi connectivity index (χ0v) is 11.4. The van der Waals surface area contributed by atoms with Crippen LogP contribution < -0.4 is 0 Å². The second kappa shape index (κ2) is 7.81. The van der Waals surface area contributed by atoms with Crippen molar-refractivity contribution < 1.29 is 18.0 Å². The summed E-state index contributed by atoms with van der Waals surface area (Å²) in [6.07, 6.45) is -3.82. The van der Waals surface area contributed by atoms with Crippen molar-refractivity contribution in [2.75, 3.05) is 26.2 Å². The standard InChI is InChI=1S/C10H16BrF3N2O/c1-3-16(4-2)6-5-15-7-8(11)9(17)10(12,13)14/h7-8H,3-6H2,1-2H3. The van der Waals surface area contributed by atoms with Crippen LogP contribution >= 0.6 is 15.9 Å². The molecule has 0 amide bonds. The molecular weight excluding hydrogens is 301 g/mol. The monoisotopic (exact) mass is 316 g/mol. The smallest absolute Gasteiger partial charge is 0.302 e. The number of carbonyl (C=O) groups is 1. The average Bonchev–Trinajstić information content (AvgIpc) is 2.26. The van der Waals surface area contributed by atoms with Crippen molar-refractivity contribution in [2.45, 2.75) is 24.9 Å². The quantitative estimate of drug-likeness (QED) is 0.533. The number of hydrogen-bond donors (Lipinski definition) is 0. The van der Waals surface area contributed by atoms with Gasteiger partial charge >= 0.3 is 6.18 Å². The molecule has 0 bridgehead atoms. The molecule has 0 rings (SSSR count). The average molecular weight is 317 g/mol. The molecule has 0 aromatic heterocycles. The largest absolute Gasteiger partial charge is 0.451 e. The van der Waals surface area contributed by atoms with E-state index in [-0.39, 0.29) is 0 Å². The van der Waals surface area contributed by atoms with Gasteiger partial charge in [0.2, 0.25) is 0 Å². The second-order valence-electron chi connectivity index (χ2n) is 3.35. The highest BCUT2D eigenvalue weighted by molar-refractivity contribution is 9.10. The molecule has 0 aromatic carbocycles. The summed E-state index contributed by atoms with van der Waals surface area (Å²) in [6.45, 7) is 6.77. The zero-order valence-electron chi connectivity index (χ0n) is 9.80. The first-order valence-electron chi connectivity index (χ1n) is 5.30. The lowest BCUT2D eigenvalue weighted by Crippen LogP contribution is -2.32. The summed E-state index contributed by atoms with van der Waals surface area (Å²) < 4.78 is 36.0. The Bertz CT molecular complexity index is 265. The Morgan fingerprint density at radius 3 is 2.35 bits per heavy atom. The van der Waals surface area contributed by atoms with Gasteiger partial charge in [0.05, 0.1) is 6.54 Å². The van der Waals surface area contributed by atoms with E-state index in [1.807, 2.05) is 13.8 Å². The summed E-state index contributed by atoms with van der Waals surface area (Å²) >= 11 is 2.65. The minimum atomic E-state index is -4.82. The number of rotatable bonds is 7. The fourth-order valence-electron chi connectivity index (χ4n) is 1.13. The molecule has 0 aliphatic carbocycles. The molecule has 0 spiro atoms. The van der Waals surface area contributed by atoms with Gasteiger partial charge in [-0.1, -0.05) is 29.8 Å². The van der Waals surface area contributed by atoms with Gasteiger partial charge in [0, 0.05) is 12.8 Å². The number of carbonyl (C=O) groups excluding carboxylic acids is 1. The highest BCUT2D eigenvalue weighted by atomic mass is 79.9. The van der Waals surface area contributed by atoms with Gasteiger partial charge in [0.1, 0.15) is 4.83 Å². The van der Waals surface area contributed by atoms with E-state index in [9.17, 15) is 18.0 Å². The van der Waals surface area contributed by atoms with Gasteiger partial charge in [-0.05, 0) is 13.1 Å². The Morgan fingerprint density at radius 2 is 1.94 bits per heavy atom. The van der Waals surface area contributed by atoms with E-state index in [1.54, 1.807) is 0 Å². The molecule has 0 saturated heterocycles. The summed E-state index contributed by atoms with van der Waals surface area (Å²) in [6, 6.07) is 0. The molecule has 1 unspecified atom stereocenters. The number of hydrogen-bond acceptors (Lipinski definition) is 3. The summed E-state index contributed by atoms with van der Waals surface area (Å²) in [7, 11) is 0. The van der Waals surface area contributed by atoms with Gasteiger partial charge < -0.3 is 4.90 Å². The summed E-state index contributed by atoms with van der Waals surface area (Å²) in [5.74, 6) is -1.83. The first-order valence-corrected chi connectivity index (χ1v) is 6.21. The number of halogens is 4. The molecule has 1 atom stereocenters. The van der Waals surface area contributed by atoms with E-state index in [4.69, 9.17) is 0 Å². The predicted molar refractivity (Wildman–Crippen MR) is 64.9 cm³/mol. The van der Waals surface area contributed by atoms with E-state index in [0.29, 0.717) is 13.1 Å². The maximum Gasteiger partial charge on any atom is 0.451 e. The summed E-state index contributed by atoms with van der Waals surface area (Å²) in [4.78, 5) is 15.2. The predicted octanol–water partition coefficient (Wildman–Crippen LogP) is 2.29. The Balaban J connectivity index is 4.05. The number of ketones is 1.